The van der Waals surface area contributed by atoms with Crippen molar-refractivity contribution in [1.82, 2.24) is 0 Å². The van der Waals surface area contributed by atoms with Crippen molar-refractivity contribution in [2.45, 2.75) is 24.7 Å². The van der Waals surface area contributed by atoms with Crippen LogP contribution in [0.4, 0.5) is 0 Å². The molecule has 2 aromatic rings. The SMILES string of the molecule is O=C(O)C1(c2ccc(-c3ccccc3OCC3CCOC3)cc2)CC1. The van der Waals surface area contributed by atoms with E-state index in [1.54, 1.807) is 0 Å². The second-order valence-electron chi connectivity index (χ2n) is 7.00. The van der Waals surface area contributed by atoms with Crippen LogP contribution in [-0.2, 0) is 14.9 Å². The summed E-state index contributed by atoms with van der Waals surface area (Å²) in [5.41, 5.74) is 2.32. The molecule has 4 nitrogen and oxygen atoms in total. The highest BCUT2D eigenvalue weighted by atomic mass is 16.5. The minimum absolute atomic E-state index is 0.459. The summed E-state index contributed by atoms with van der Waals surface area (Å²) in [5, 5.41) is 9.43. The molecule has 0 spiro atoms. The van der Waals surface area contributed by atoms with Gasteiger partial charge in [0.2, 0.25) is 0 Å². The van der Waals surface area contributed by atoms with E-state index < -0.39 is 11.4 Å². The van der Waals surface area contributed by atoms with Crippen molar-refractivity contribution in [3.63, 3.8) is 0 Å². The van der Waals surface area contributed by atoms with Gasteiger partial charge in [-0.25, -0.2) is 0 Å². The maximum absolute atomic E-state index is 11.5. The topological polar surface area (TPSA) is 55.8 Å². The van der Waals surface area contributed by atoms with Crippen LogP contribution in [0.2, 0.25) is 0 Å². The summed E-state index contributed by atoms with van der Waals surface area (Å²) in [6.45, 7) is 2.26. The largest absolute Gasteiger partial charge is 0.493 e. The van der Waals surface area contributed by atoms with Gasteiger partial charge in [0.25, 0.3) is 0 Å². The summed E-state index contributed by atoms with van der Waals surface area (Å²) < 4.78 is 11.5. The van der Waals surface area contributed by atoms with Gasteiger partial charge < -0.3 is 14.6 Å². The van der Waals surface area contributed by atoms with E-state index in [0.717, 1.165) is 54.9 Å². The van der Waals surface area contributed by atoms with E-state index in [-0.39, 0.29) is 0 Å². The van der Waals surface area contributed by atoms with Crippen LogP contribution in [0.5, 0.6) is 5.75 Å². The van der Waals surface area contributed by atoms with Crippen LogP contribution in [-0.4, -0.2) is 30.9 Å². The average molecular weight is 338 g/mol. The molecule has 1 saturated carbocycles. The third-order valence-corrected chi connectivity index (χ3v) is 5.29. The summed E-state index contributed by atoms with van der Waals surface area (Å²) >= 11 is 0. The number of ether oxygens (including phenoxy) is 2. The van der Waals surface area contributed by atoms with Crippen molar-refractivity contribution in [3.8, 4) is 16.9 Å². The lowest BCUT2D eigenvalue weighted by Crippen LogP contribution is -2.19. The van der Waals surface area contributed by atoms with E-state index in [1.807, 2.05) is 48.5 Å². The highest BCUT2D eigenvalue weighted by Gasteiger charge is 2.51. The molecule has 4 heteroatoms. The first-order chi connectivity index (χ1) is 12.2. The first-order valence-corrected chi connectivity index (χ1v) is 8.83. The number of carboxylic acid groups (broad SMARTS) is 1. The molecule has 1 atom stereocenters. The third-order valence-electron chi connectivity index (χ3n) is 5.29. The Morgan fingerprint density at radius 2 is 1.92 bits per heavy atom. The highest BCUT2D eigenvalue weighted by molar-refractivity contribution is 5.85. The van der Waals surface area contributed by atoms with Crippen molar-refractivity contribution in [2.75, 3.05) is 19.8 Å². The predicted octanol–water partition coefficient (Wildman–Crippen LogP) is 3.89. The van der Waals surface area contributed by atoms with Crippen LogP contribution in [0.25, 0.3) is 11.1 Å². The molecule has 1 aliphatic carbocycles. The number of benzene rings is 2. The molecule has 4 rings (SSSR count). The first kappa shape index (κ1) is 16.2. The van der Waals surface area contributed by atoms with Crippen molar-refractivity contribution in [2.24, 2.45) is 5.92 Å². The van der Waals surface area contributed by atoms with Crippen molar-refractivity contribution in [3.05, 3.63) is 54.1 Å². The number of hydrogen-bond donors (Lipinski definition) is 1. The molecule has 1 aliphatic heterocycles. The highest BCUT2D eigenvalue weighted by Crippen LogP contribution is 2.48. The average Bonchev–Trinajstić information content (AvgIpc) is 3.30. The van der Waals surface area contributed by atoms with Gasteiger partial charge in [0.15, 0.2) is 0 Å². The standard InChI is InChI=1S/C21H22O4/c22-20(23)21(10-11-21)17-7-5-16(6-8-17)18-3-1-2-4-19(18)25-14-15-9-12-24-13-15/h1-8,15H,9-14H2,(H,22,23). The maximum atomic E-state index is 11.5. The molecular weight excluding hydrogens is 316 g/mol. The number of carbonyl (C=O) groups is 1. The fourth-order valence-electron chi connectivity index (χ4n) is 3.47. The van der Waals surface area contributed by atoms with E-state index in [9.17, 15) is 9.90 Å². The zero-order valence-corrected chi connectivity index (χ0v) is 14.1. The summed E-state index contributed by atoms with van der Waals surface area (Å²) in [4.78, 5) is 11.5. The Hall–Kier alpha value is -2.33. The normalized spacial score (nSPS) is 21.0. The quantitative estimate of drug-likeness (QED) is 0.868. The second kappa shape index (κ2) is 6.52. The van der Waals surface area contributed by atoms with Crippen LogP contribution in [0.3, 0.4) is 0 Å². The number of carboxylic acids is 1. The molecule has 1 saturated heterocycles. The summed E-state index contributed by atoms with van der Waals surface area (Å²) in [6, 6.07) is 15.9. The molecule has 0 radical (unpaired) electrons. The molecule has 0 amide bonds. The summed E-state index contributed by atoms with van der Waals surface area (Å²) in [6.07, 6.45) is 2.50. The first-order valence-electron chi connectivity index (χ1n) is 8.83. The van der Waals surface area contributed by atoms with Gasteiger partial charge in [0.05, 0.1) is 18.6 Å². The third kappa shape index (κ3) is 3.14. The minimum Gasteiger partial charge on any atom is -0.493 e. The van der Waals surface area contributed by atoms with Gasteiger partial charge in [-0.15, -0.1) is 0 Å². The summed E-state index contributed by atoms with van der Waals surface area (Å²) in [5.74, 6) is 0.602. The molecular formula is C21H22O4. The molecule has 0 bridgehead atoms. The van der Waals surface area contributed by atoms with E-state index in [0.29, 0.717) is 12.5 Å². The van der Waals surface area contributed by atoms with Crippen LogP contribution < -0.4 is 4.74 Å². The molecule has 2 fully saturated rings. The fourth-order valence-corrected chi connectivity index (χ4v) is 3.47. The molecule has 0 aromatic heterocycles. The number of aliphatic carboxylic acids is 1. The van der Waals surface area contributed by atoms with Crippen LogP contribution in [0, 0.1) is 5.92 Å². The van der Waals surface area contributed by atoms with Gasteiger partial charge in [0.1, 0.15) is 5.75 Å². The van der Waals surface area contributed by atoms with E-state index in [2.05, 4.69) is 0 Å². The van der Waals surface area contributed by atoms with Gasteiger partial charge in [-0.2, -0.15) is 0 Å². The smallest absolute Gasteiger partial charge is 0.314 e. The maximum Gasteiger partial charge on any atom is 0.314 e. The Labute approximate surface area is 147 Å². The molecule has 1 N–H and O–H groups in total. The van der Waals surface area contributed by atoms with E-state index >= 15 is 0 Å². The number of rotatable bonds is 6. The van der Waals surface area contributed by atoms with Crippen LogP contribution >= 0.6 is 0 Å². The van der Waals surface area contributed by atoms with Gasteiger partial charge in [-0.1, -0.05) is 42.5 Å². The molecule has 2 aromatic carbocycles. The predicted molar refractivity (Wildman–Crippen MR) is 94.8 cm³/mol. The molecule has 1 heterocycles. The lowest BCUT2D eigenvalue weighted by atomic mass is 9.93. The Morgan fingerprint density at radius 1 is 1.16 bits per heavy atom. The van der Waals surface area contributed by atoms with E-state index in [4.69, 9.17) is 9.47 Å². The zero-order chi connectivity index (χ0) is 17.3. The van der Waals surface area contributed by atoms with Crippen molar-refractivity contribution < 1.29 is 19.4 Å². The van der Waals surface area contributed by atoms with Gasteiger partial charge >= 0.3 is 5.97 Å². The Balaban J connectivity index is 1.54. The van der Waals surface area contributed by atoms with Crippen molar-refractivity contribution >= 4 is 5.97 Å². The Kier molecular flexibility index (Phi) is 4.22. The van der Waals surface area contributed by atoms with Crippen LogP contribution in [0.1, 0.15) is 24.8 Å². The van der Waals surface area contributed by atoms with Crippen molar-refractivity contribution in [1.29, 1.82) is 0 Å². The minimum atomic E-state index is -0.720. The van der Waals surface area contributed by atoms with Crippen LogP contribution in [0.15, 0.2) is 48.5 Å². The molecule has 130 valence electrons. The molecule has 25 heavy (non-hydrogen) atoms. The fraction of sp³-hybridized carbons (Fsp3) is 0.381. The van der Waals surface area contributed by atoms with Gasteiger partial charge in [-0.05, 0) is 36.5 Å². The zero-order valence-electron chi connectivity index (χ0n) is 14.1. The Morgan fingerprint density at radius 3 is 2.56 bits per heavy atom. The second-order valence-corrected chi connectivity index (χ2v) is 7.00. The summed E-state index contributed by atoms with van der Waals surface area (Å²) in [7, 11) is 0. The van der Waals surface area contributed by atoms with Gasteiger partial charge in [0, 0.05) is 18.1 Å². The molecule has 1 unspecified atom stereocenters. The lowest BCUT2D eigenvalue weighted by molar-refractivity contribution is -0.140. The van der Waals surface area contributed by atoms with Gasteiger partial charge in [-0.3, -0.25) is 4.79 Å². The number of hydrogen-bond acceptors (Lipinski definition) is 3. The van der Waals surface area contributed by atoms with E-state index in [1.165, 1.54) is 0 Å². The number of para-hydroxylation sites is 1. The Bertz CT molecular complexity index is 756. The monoisotopic (exact) mass is 338 g/mol. The molecule has 2 aliphatic rings. The lowest BCUT2D eigenvalue weighted by Gasteiger charge is -2.15.